The van der Waals surface area contributed by atoms with Crippen LogP contribution in [-0.2, 0) is 6.54 Å². The molecule has 2 aromatic heterocycles. The first kappa shape index (κ1) is 30.0. The topological polar surface area (TPSA) is 131 Å². The Morgan fingerprint density at radius 3 is 2.25 bits per heavy atom. The van der Waals surface area contributed by atoms with E-state index in [0.29, 0.717) is 28.7 Å². The second-order valence-corrected chi connectivity index (χ2v) is 10.1. The molecule has 0 saturated carbocycles. The van der Waals surface area contributed by atoms with Gasteiger partial charge in [0.25, 0.3) is 5.91 Å². The Morgan fingerprint density at radius 1 is 0.977 bits per heavy atom. The first-order valence-corrected chi connectivity index (χ1v) is 13.3. The summed E-state index contributed by atoms with van der Waals surface area (Å²) in [7, 11) is 0. The number of benzene rings is 2. The third kappa shape index (κ3) is 6.77. The normalized spacial score (nSPS) is 13.4. The Labute approximate surface area is 247 Å². The highest BCUT2D eigenvalue weighted by Crippen LogP contribution is 2.31. The summed E-state index contributed by atoms with van der Waals surface area (Å²) in [6.45, 7) is -0.837. The number of nitrogens with one attached hydrogen (secondary N) is 1. The Hall–Kier alpha value is -5.46. The molecule has 0 bridgehead atoms. The van der Waals surface area contributed by atoms with Crippen molar-refractivity contribution in [3.63, 3.8) is 0 Å². The lowest BCUT2D eigenvalue weighted by Gasteiger charge is -2.24. The molecule has 44 heavy (non-hydrogen) atoms. The minimum absolute atomic E-state index is 0.156. The highest BCUT2D eigenvalue weighted by atomic mass is 19.4. The molecule has 1 aliphatic heterocycles. The van der Waals surface area contributed by atoms with Crippen molar-refractivity contribution < 1.29 is 32.3 Å². The van der Waals surface area contributed by atoms with Crippen LogP contribution in [0.25, 0.3) is 27.8 Å². The van der Waals surface area contributed by atoms with Gasteiger partial charge in [-0.1, -0.05) is 30.3 Å². The van der Waals surface area contributed by atoms with Crippen LogP contribution >= 0.6 is 0 Å². The number of aromatic nitrogens is 2. The van der Waals surface area contributed by atoms with Crippen molar-refractivity contribution in [2.45, 2.75) is 19.1 Å². The molecule has 4 N–H and O–H groups in total. The van der Waals surface area contributed by atoms with Crippen LogP contribution in [0.4, 0.5) is 33.9 Å². The standard InChI is InChI=1S/C31H25F4N5O4/c32-22-5-1-20(2-6-22)25-15-39(17-31(33,34)35)16-26(27(25)41)29(42)38-23-7-3-19(4-8-23)24-13-21(14-37-28(24)36)18-9-11-40(12-10-18)30(43)44/h1-9,13-16H,10-12,17H2,(H2,36,37)(H,38,42)(H,43,44). The molecule has 0 aliphatic carbocycles. The van der Waals surface area contributed by atoms with Crippen molar-refractivity contribution in [3.8, 4) is 22.3 Å². The van der Waals surface area contributed by atoms with Gasteiger partial charge < -0.3 is 25.6 Å². The molecule has 4 aromatic rings. The minimum atomic E-state index is -4.63. The fourth-order valence-electron chi connectivity index (χ4n) is 4.85. The van der Waals surface area contributed by atoms with E-state index in [-0.39, 0.29) is 29.2 Å². The van der Waals surface area contributed by atoms with Crippen molar-refractivity contribution in [3.05, 3.63) is 106 Å². The Bertz CT molecular complexity index is 1820. The van der Waals surface area contributed by atoms with E-state index in [1.165, 1.54) is 17.0 Å². The zero-order valence-electron chi connectivity index (χ0n) is 22.9. The van der Waals surface area contributed by atoms with E-state index in [4.69, 9.17) is 5.73 Å². The summed E-state index contributed by atoms with van der Waals surface area (Å²) in [5, 5.41) is 11.7. The zero-order valence-corrected chi connectivity index (χ0v) is 22.9. The van der Waals surface area contributed by atoms with Crippen LogP contribution in [0.1, 0.15) is 22.3 Å². The summed E-state index contributed by atoms with van der Waals surface area (Å²) >= 11 is 0. The number of pyridine rings is 2. The number of anilines is 2. The molecule has 1 aliphatic rings. The van der Waals surface area contributed by atoms with Crippen molar-refractivity contribution in [2.24, 2.45) is 0 Å². The molecule has 13 heteroatoms. The average molecular weight is 608 g/mol. The maximum atomic E-state index is 13.4. The third-order valence-electron chi connectivity index (χ3n) is 7.06. The van der Waals surface area contributed by atoms with Gasteiger partial charge in [-0.25, -0.2) is 14.2 Å². The van der Waals surface area contributed by atoms with Gasteiger partial charge in [-0.3, -0.25) is 9.59 Å². The molecule has 5 rings (SSSR count). The monoisotopic (exact) mass is 607 g/mol. The molecule has 0 spiro atoms. The van der Waals surface area contributed by atoms with Gasteiger partial charge in [0.15, 0.2) is 0 Å². The number of halogens is 4. The second kappa shape index (κ2) is 12.0. The number of nitrogens with two attached hydrogens (primary N) is 1. The average Bonchev–Trinajstić information content (AvgIpc) is 2.98. The van der Waals surface area contributed by atoms with Gasteiger partial charge in [-0.05, 0) is 59.0 Å². The maximum absolute atomic E-state index is 13.4. The van der Waals surface area contributed by atoms with Crippen molar-refractivity contribution >= 4 is 29.1 Å². The molecular weight excluding hydrogens is 582 g/mol. The smallest absolute Gasteiger partial charge is 0.407 e. The number of carbonyl (C=O) groups is 2. The molecule has 0 atom stereocenters. The predicted molar refractivity (Wildman–Crippen MR) is 156 cm³/mol. The molecule has 226 valence electrons. The molecule has 0 saturated heterocycles. The number of carboxylic acid groups (broad SMARTS) is 1. The lowest BCUT2D eigenvalue weighted by Crippen LogP contribution is -2.33. The number of hydrogen-bond acceptors (Lipinski definition) is 5. The number of hydrogen-bond donors (Lipinski definition) is 3. The first-order valence-electron chi connectivity index (χ1n) is 13.3. The van der Waals surface area contributed by atoms with Gasteiger partial charge in [-0.15, -0.1) is 0 Å². The number of amides is 2. The molecule has 2 amide bonds. The van der Waals surface area contributed by atoms with Gasteiger partial charge in [0, 0.05) is 48.5 Å². The van der Waals surface area contributed by atoms with Crippen LogP contribution in [0.3, 0.4) is 0 Å². The van der Waals surface area contributed by atoms with Crippen LogP contribution < -0.4 is 16.5 Å². The van der Waals surface area contributed by atoms with Crippen molar-refractivity contribution in [2.75, 3.05) is 24.1 Å². The molecule has 0 unspecified atom stereocenters. The summed E-state index contributed by atoms with van der Waals surface area (Å²) in [5.41, 5.74) is 7.99. The molecule has 9 nitrogen and oxygen atoms in total. The fourth-order valence-corrected chi connectivity index (χ4v) is 4.85. The van der Waals surface area contributed by atoms with Crippen LogP contribution in [0.2, 0.25) is 0 Å². The van der Waals surface area contributed by atoms with E-state index in [2.05, 4.69) is 10.3 Å². The van der Waals surface area contributed by atoms with Crippen LogP contribution in [0.5, 0.6) is 0 Å². The summed E-state index contributed by atoms with van der Waals surface area (Å²) in [6, 6.07) is 12.9. The number of nitrogen functional groups attached to an aromatic ring is 1. The van der Waals surface area contributed by atoms with Gasteiger partial charge in [0.05, 0.1) is 0 Å². The van der Waals surface area contributed by atoms with E-state index in [1.807, 2.05) is 12.1 Å². The van der Waals surface area contributed by atoms with Crippen LogP contribution in [0.15, 0.2) is 84.1 Å². The van der Waals surface area contributed by atoms with E-state index < -0.39 is 41.5 Å². The molecule has 2 aromatic carbocycles. The largest absolute Gasteiger partial charge is 0.465 e. The molecule has 0 radical (unpaired) electrons. The van der Waals surface area contributed by atoms with Gasteiger partial charge in [-0.2, -0.15) is 13.2 Å². The fraction of sp³-hybridized carbons (Fsp3) is 0.161. The van der Waals surface area contributed by atoms with Crippen LogP contribution in [-0.4, -0.2) is 50.8 Å². The van der Waals surface area contributed by atoms with Crippen LogP contribution in [0, 0.1) is 5.82 Å². The van der Waals surface area contributed by atoms with E-state index >= 15 is 0 Å². The number of alkyl halides is 3. The van der Waals surface area contributed by atoms with Gasteiger partial charge >= 0.3 is 12.3 Å². The molecule has 3 heterocycles. The Balaban J connectivity index is 1.40. The first-order chi connectivity index (χ1) is 20.9. The second-order valence-electron chi connectivity index (χ2n) is 10.1. The highest BCUT2D eigenvalue weighted by molar-refractivity contribution is 6.04. The molecular formula is C31H25F4N5O4. The number of nitrogens with zero attached hydrogens (tertiary/aromatic N) is 3. The Morgan fingerprint density at radius 2 is 1.64 bits per heavy atom. The SMILES string of the molecule is Nc1ncc(C2=CCN(C(=O)O)CC2)cc1-c1ccc(NC(=O)c2cn(CC(F)(F)F)cc(-c3ccc(F)cc3)c2=O)cc1. The minimum Gasteiger partial charge on any atom is -0.465 e. The summed E-state index contributed by atoms with van der Waals surface area (Å²) in [5.74, 6) is -1.27. The zero-order chi connectivity index (χ0) is 31.6. The quantitative estimate of drug-likeness (QED) is 0.235. The lowest BCUT2D eigenvalue weighted by atomic mass is 9.97. The summed E-state index contributed by atoms with van der Waals surface area (Å²) < 4.78 is 53.7. The lowest BCUT2D eigenvalue weighted by molar-refractivity contribution is -0.140. The van der Waals surface area contributed by atoms with Gasteiger partial charge in [0.1, 0.15) is 23.7 Å². The highest BCUT2D eigenvalue weighted by Gasteiger charge is 2.29. The van der Waals surface area contributed by atoms with Crippen molar-refractivity contribution in [1.82, 2.24) is 14.5 Å². The van der Waals surface area contributed by atoms with Crippen molar-refractivity contribution in [1.29, 1.82) is 0 Å². The van der Waals surface area contributed by atoms with E-state index in [0.717, 1.165) is 35.7 Å². The number of carbonyl (C=O) groups excluding carboxylic acids is 1. The Kier molecular flexibility index (Phi) is 8.21. The van der Waals surface area contributed by atoms with E-state index in [9.17, 15) is 37.1 Å². The predicted octanol–water partition coefficient (Wildman–Crippen LogP) is 5.88. The maximum Gasteiger partial charge on any atom is 0.407 e. The molecule has 0 fully saturated rings. The van der Waals surface area contributed by atoms with Gasteiger partial charge in [0.2, 0.25) is 5.43 Å². The summed E-state index contributed by atoms with van der Waals surface area (Å²) in [4.78, 5) is 43.1. The third-order valence-corrected chi connectivity index (χ3v) is 7.06. The number of rotatable bonds is 6. The van der Waals surface area contributed by atoms with E-state index in [1.54, 1.807) is 30.5 Å². The summed E-state index contributed by atoms with van der Waals surface area (Å²) in [6.07, 6.45) is 0.139.